The summed E-state index contributed by atoms with van der Waals surface area (Å²) in [7, 11) is 0. The molecule has 0 amide bonds. The molecule has 4 bridgehead atoms. The first-order valence-corrected chi connectivity index (χ1v) is 9.02. The Morgan fingerprint density at radius 2 is 1.83 bits per heavy atom. The molecule has 4 aliphatic carbocycles. The van der Waals surface area contributed by atoms with Gasteiger partial charge in [0.05, 0.1) is 4.92 Å². The highest BCUT2D eigenvalue weighted by molar-refractivity contribution is 5.85. The summed E-state index contributed by atoms with van der Waals surface area (Å²) in [5, 5.41) is 22.3. The summed E-state index contributed by atoms with van der Waals surface area (Å²) < 4.78 is 0. The lowest BCUT2D eigenvalue weighted by molar-refractivity contribution is -0.385. The number of phenolic OH excluding ortho intramolecular Hbond substituents is 1. The van der Waals surface area contributed by atoms with Crippen molar-refractivity contribution in [3.05, 3.63) is 33.4 Å². The standard InChI is InChI=1S/C19H24N2O3/c1-2-20-11-15-6-16(21(23)24)7-17(18(15)22)19-8-12-3-13(9-19)5-14(4-12)10-19/h6-7,11-14,22H,2-5,8-10H2,1H3. The number of rotatable bonds is 4. The van der Waals surface area contributed by atoms with Crippen LogP contribution in [0, 0.1) is 27.9 Å². The Hall–Kier alpha value is -1.91. The van der Waals surface area contributed by atoms with Gasteiger partial charge in [-0.25, -0.2) is 0 Å². The average Bonchev–Trinajstić information content (AvgIpc) is 2.52. The fourth-order valence-electron chi connectivity index (χ4n) is 5.88. The van der Waals surface area contributed by atoms with Crippen molar-refractivity contribution in [3.63, 3.8) is 0 Å². The summed E-state index contributed by atoms with van der Waals surface area (Å²) in [6.07, 6.45) is 8.69. The zero-order chi connectivity index (χ0) is 16.9. The largest absolute Gasteiger partial charge is 0.507 e. The van der Waals surface area contributed by atoms with Crippen molar-refractivity contribution >= 4 is 11.9 Å². The third kappa shape index (κ3) is 2.41. The highest BCUT2D eigenvalue weighted by atomic mass is 16.6. The summed E-state index contributed by atoms with van der Waals surface area (Å²) in [5.41, 5.74) is 1.28. The van der Waals surface area contributed by atoms with Gasteiger partial charge in [0.15, 0.2) is 0 Å². The molecule has 0 radical (unpaired) electrons. The van der Waals surface area contributed by atoms with E-state index in [4.69, 9.17) is 0 Å². The lowest BCUT2D eigenvalue weighted by Crippen LogP contribution is -2.48. The summed E-state index contributed by atoms with van der Waals surface area (Å²) in [6.45, 7) is 2.50. The Balaban J connectivity index is 1.83. The van der Waals surface area contributed by atoms with E-state index in [0.717, 1.165) is 42.6 Å². The van der Waals surface area contributed by atoms with Crippen LogP contribution in [-0.4, -0.2) is 22.8 Å². The molecule has 1 aromatic carbocycles. The van der Waals surface area contributed by atoms with Crippen LogP contribution in [0.25, 0.3) is 0 Å². The van der Waals surface area contributed by atoms with Crippen LogP contribution in [0.15, 0.2) is 17.1 Å². The van der Waals surface area contributed by atoms with E-state index in [9.17, 15) is 15.2 Å². The lowest BCUT2D eigenvalue weighted by Gasteiger charge is -2.57. The third-order valence-electron chi connectivity index (χ3n) is 6.36. The molecule has 0 aromatic heterocycles. The quantitative estimate of drug-likeness (QED) is 0.511. The molecule has 5 nitrogen and oxygen atoms in total. The van der Waals surface area contributed by atoms with Crippen molar-refractivity contribution in [2.45, 2.75) is 50.9 Å². The number of nitro benzene ring substituents is 1. The van der Waals surface area contributed by atoms with E-state index >= 15 is 0 Å². The van der Waals surface area contributed by atoms with Gasteiger partial charge >= 0.3 is 0 Å². The second kappa shape index (κ2) is 5.57. The van der Waals surface area contributed by atoms with E-state index in [1.165, 1.54) is 25.3 Å². The topological polar surface area (TPSA) is 75.7 Å². The molecule has 128 valence electrons. The maximum absolute atomic E-state index is 11.4. The molecule has 1 aromatic rings. The molecule has 0 atom stereocenters. The number of phenols is 1. The maximum Gasteiger partial charge on any atom is 0.270 e. The Morgan fingerprint density at radius 1 is 1.25 bits per heavy atom. The van der Waals surface area contributed by atoms with Crippen LogP contribution in [0.1, 0.15) is 56.6 Å². The number of aliphatic imine (C=N–C) groups is 1. The van der Waals surface area contributed by atoms with Crippen LogP contribution in [-0.2, 0) is 5.41 Å². The molecule has 0 spiro atoms. The molecule has 4 aliphatic rings. The smallest absolute Gasteiger partial charge is 0.270 e. The zero-order valence-electron chi connectivity index (χ0n) is 14.1. The first kappa shape index (κ1) is 15.6. The van der Waals surface area contributed by atoms with Gasteiger partial charge in [0.1, 0.15) is 5.75 Å². The molecule has 0 heterocycles. The molecule has 5 rings (SSSR count). The second-order valence-electron chi connectivity index (χ2n) is 8.01. The van der Waals surface area contributed by atoms with Gasteiger partial charge in [-0.2, -0.15) is 0 Å². The molecule has 1 N–H and O–H groups in total. The highest BCUT2D eigenvalue weighted by Gasteiger charge is 2.52. The van der Waals surface area contributed by atoms with Crippen LogP contribution in [0.2, 0.25) is 0 Å². The SMILES string of the molecule is CCN=Cc1cc([N+](=O)[O-])cc(C23CC4CC(CC(C4)C2)C3)c1O. The predicted molar refractivity (Wildman–Crippen MR) is 92.7 cm³/mol. The summed E-state index contributed by atoms with van der Waals surface area (Å²) in [6, 6.07) is 3.07. The van der Waals surface area contributed by atoms with Gasteiger partial charge in [-0.15, -0.1) is 0 Å². The number of benzene rings is 1. The number of nitro groups is 1. The van der Waals surface area contributed by atoms with Crippen molar-refractivity contribution in [2.24, 2.45) is 22.7 Å². The third-order valence-corrected chi connectivity index (χ3v) is 6.36. The van der Waals surface area contributed by atoms with Crippen molar-refractivity contribution in [1.29, 1.82) is 0 Å². The van der Waals surface area contributed by atoms with Gasteiger partial charge in [-0.1, -0.05) is 0 Å². The predicted octanol–water partition coefficient (Wildman–Crippen LogP) is 4.21. The van der Waals surface area contributed by atoms with Crippen LogP contribution in [0.5, 0.6) is 5.75 Å². The monoisotopic (exact) mass is 328 g/mol. The minimum absolute atomic E-state index is 0.0658. The van der Waals surface area contributed by atoms with Gasteiger partial charge in [-0.3, -0.25) is 15.1 Å². The number of hydrogen-bond donors (Lipinski definition) is 1. The molecule has 4 saturated carbocycles. The van der Waals surface area contributed by atoms with Gasteiger partial charge in [-0.05, 0) is 63.2 Å². The van der Waals surface area contributed by atoms with E-state index in [1.54, 1.807) is 12.3 Å². The molecule has 0 aliphatic heterocycles. The fourth-order valence-corrected chi connectivity index (χ4v) is 5.88. The van der Waals surface area contributed by atoms with Crippen molar-refractivity contribution < 1.29 is 10.0 Å². The molecular formula is C19H24N2O3. The number of hydrogen-bond acceptors (Lipinski definition) is 4. The van der Waals surface area contributed by atoms with Crippen LogP contribution in [0.4, 0.5) is 5.69 Å². The van der Waals surface area contributed by atoms with E-state index in [1.807, 2.05) is 6.92 Å². The Morgan fingerprint density at radius 3 is 2.33 bits per heavy atom. The van der Waals surface area contributed by atoms with Gasteiger partial charge < -0.3 is 5.11 Å². The van der Waals surface area contributed by atoms with Gasteiger partial charge in [0, 0.05) is 41.4 Å². The molecular weight excluding hydrogens is 304 g/mol. The molecule has 24 heavy (non-hydrogen) atoms. The van der Waals surface area contributed by atoms with Crippen LogP contribution >= 0.6 is 0 Å². The van der Waals surface area contributed by atoms with Crippen LogP contribution in [0.3, 0.4) is 0 Å². The number of non-ortho nitro benzene ring substituents is 1. The summed E-state index contributed by atoms with van der Waals surface area (Å²) in [4.78, 5) is 15.2. The average molecular weight is 328 g/mol. The molecule has 0 unspecified atom stereocenters. The highest BCUT2D eigenvalue weighted by Crippen LogP contribution is 2.62. The van der Waals surface area contributed by atoms with Crippen LogP contribution < -0.4 is 0 Å². The Kier molecular flexibility index (Phi) is 3.62. The summed E-state index contributed by atoms with van der Waals surface area (Å²) >= 11 is 0. The fraction of sp³-hybridized carbons (Fsp3) is 0.632. The number of aromatic hydroxyl groups is 1. The minimum atomic E-state index is -0.354. The number of nitrogens with zero attached hydrogens (tertiary/aromatic N) is 2. The van der Waals surface area contributed by atoms with E-state index < -0.39 is 0 Å². The van der Waals surface area contributed by atoms with Crippen molar-refractivity contribution in [1.82, 2.24) is 0 Å². The lowest BCUT2D eigenvalue weighted by atomic mass is 9.48. The van der Waals surface area contributed by atoms with Gasteiger partial charge in [0.2, 0.25) is 0 Å². The van der Waals surface area contributed by atoms with E-state index in [2.05, 4.69) is 4.99 Å². The molecule has 0 saturated heterocycles. The molecule has 5 heteroatoms. The minimum Gasteiger partial charge on any atom is -0.507 e. The van der Waals surface area contributed by atoms with Gasteiger partial charge in [0.25, 0.3) is 5.69 Å². The summed E-state index contributed by atoms with van der Waals surface area (Å²) in [5.74, 6) is 2.38. The van der Waals surface area contributed by atoms with E-state index in [-0.39, 0.29) is 21.8 Å². The normalized spacial score (nSPS) is 34.1. The second-order valence-corrected chi connectivity index (χ2v) is 8.01. The molecule has 4 fully saturated rings. The van der Waals surface area contributed by atoms with Crippen molar-refractivity contribution in [3.8, 4) is 5.75 Å². The maximum atomic E-state index is 11.4. The first-order valence-electron chi connectivity index (χ1n) is 9.02. The van der Waals surface area contributed by atoms with E-state index in [0.29, 0.717) is 12.1 Å². The Labute approximate surface area is 142 Å². The Bertz CT molecular complexity index is 676. The van der Waals surface area contributed by atoms with Crippen molar-refractivity contribution in [2.75, 3.05) is 6.54 Å². The zero-order valence-corrected chi connectivity index (χ0v) is 14.1. The first-order chi connectivity index (χ1) is 11.5.